The van der Waals surface area contributed by atoms with Crippen LogP contribution in [-0.2, 0) is 16.1 Å². The van der Waals surface area contributed by atoms with Crippen molar-refractivity contribution in [2.45, 2.75) is 6.54 Å². The fraction of sp³-hybridized carbons (Fsp3) is 0.105. The van der Waals surface area contributed by atoms with Gasteiger partial charge in [0.2, 0.25) is 0 Å². The Morgan fingerprint density at radius 3 is 2.52 bits per heavy atom. The van der Waals surface area contributed by atoms with Crippen LogP contribution in [0, 0.1) is 0 Å². The number of hydrogen-bond donors (Lipinski definition) is 1. The molecule has 0 aliphatic carbocycles. The van der Waals surface area contributed by atoms with E-state index in [1.807, 2.05) is 0 Å². The van der Waals surface area contributed by atoms with Crippen LogP contribution in [-0.4, -0.2) is 33.7 Å². The summed E-state index contributed by atoms with van der Waals surface area (Å²) in [6.07, 6.45) is 1.53. The number of thioether (sulfide) groups is 1. The fourth-order valence-electron chi connectivity index (χ4n) is 2.47. The van der Waals surface area contributed by atoms with Gasteiger partial charge in [0.1, 0.15) is 5.75 Å². The van der Waals surface area contributed by atoms with E-state index in [0.29, 0.717) is 21.2 Å². The molecule has 1 aliphatic rings. The number of hydrogen-bond acceptors (Lipinski definition) is 5. The van der Waals surface area contributed by atoms with Crippen molar-refractivity contribution in [2.24, 2.45) is 0 Å². The molecule has 0 aromatic heterocycles. The third kappa shape index (κ3) is 5.25. The first-order valence-electron chi connectivity index (χ1n) is 8.08. The number of aliphatic carboxylic acids is 1. The summed E-state index contributed by atoms with van der Waals surface area (Å²) in [6, 6.07) is 9.45. The van der Waals surface area contributed by atoms with Crippen LogP contribution >= 0.6 is 46.6 Å². The number of carboxylic acids is 1. The van der Waals surface area contributed by atoms with Gasteiger partial charge in [0.25, 0.3) is 11.1 Å². The molecule has 1 aliphatic heterocycles. The largest absolute Gasteiger partial charge is 0.480 e. The van der Waals surface area contributed by atoms with Gasteiger partial charge in [-0.25, -0.2) is 4.79 Å². The Hall–Kier alpha value is -2.19. The van der Waals surface area contributed by atoms with Crippen LogP contribution < -0.4 is 4.74 Å². The Labute approximate surface area is 185 Å². The van der Waals surface area contributed by atoms with E-state index in [4.69, 9.17) is 44.6 Å². The quantitative estimate of drug-likeness (QED) is 0.571. The van der Waals surface area contributed by atoms with Crippen LogP contribution in [0.3, 0.4) is 0 Å². The van der Waals surface area contributed by atoms with Gasteiger partial charge in [-0.05, 0) is 53.2 Å². The van der Waals surface area contributed by atoms with Gasteiger partial charge >= 0.3 is 5.97 Å². The predicted octanol–water partition coefficient (Wildman–Crippen LogP) is 5.35. The molecule has 1 saturated heterocycles. The molecule has 0 radical (unpaired) electrons. The van der Waals surface area contributed by atoms with Gasteiger partial charge in [0, 0.05) is 10.0 Å². The Morgan fingerprint density at radius 1 is 1.10 bits per heavy atom. The molecule has 0 unspecified atom stereocenters. The fourth-order valence-corrected chi connectivity index (χ4v) is 4.02. The summed E-state index contributed by atoms with van der Waals surface area (Å²) in [5.74, 6) is -1.37. The molecular weight excluding hydrogens is 461 g/mol. The highest BCUT2D eigenvalue weighted by Crippen LogP contribution is 2.35. The maximum Gasteiger partial charge on any atom is 0.341 e. The minimum atomic E-state index is -1.13. The van der Waals surface area contributed by atoms with Crippen molar-refractivity contribution in [1.82, 2.24) is 4.90 Å². The standard InChI is InChI=1S/C19H12Cl3NO5S/c20-12-3-2-11(13(21)7-12)8-23-18(26)16(29-19(23)27)6-10-1-4-15(14(22)5-10)28-9-17(24)25/h1-7H,8-9H2,(H,24,25)/b16-6-. The molecule has 10 heteroatoms. The molecule has 3 rings (SSSR count). The maximum absolute atomic E-state index is 12.7. The normalized spacial score (nSPS) is 15.3. The molecule has 2 aromatic rings. The lowest BCUT2D eigenvalue weighted by molar-refractivity contribution is -0.139. The van der Waals surface area contributed by atoms with Crippen molar-refractivity contribution in [3.63, 3.8) is 0 Å². The Balaban J connectivity index is 1.77. The third-order valence-electron chi connectivity index (χ3n) is 3.82. The van der Waals surface area contributed by atoms with Crippen molar-refractivity contribution >= 4 is 69.8 Å². The Bertz CT molecular complexity index is 1040. The number of rotatable bonds is 6. The van der Waals surface area contributed by atoms with Crippen LogP contribution in [0.5, 0.6) is 5.75 Å². The molecule has 0 atom stereocenters. The van der Waals surface area contributed by atoms with E-state index in [-0.39, 0.29) is 22.2 Å². The second-order valence-corrected chi connectivity index (χ2v) is 8.12. The zero-order valence-electron chi connectivity index (χ0n) is 14.5. The summed E-state index contributed by atoms with van der Waals surface area (Å²) in [5, 5.41) is 9.25. The van der Waals surface area contributed by atoms with Gasteiger partial charge in [-0.1, -0.05) is 46.9 Å². The van der Waals surface area contributed by atoms with Gasteiger partial charge < -0.3 is 9.84 Å². The molecular formula is C19H12Cl3NO5S. The average Bonchev–Trinajstić information content (AvgIpc) is 2.90. The third-order valence-corrected chi connectivity index (χ3v) is 5.61. The first-order valence-corrected chi connectivity index (χ1v) is 10.0. The molecule has 0 spiro atoms. The molecule has 2 amide bonds. The van der Waals surface area contributed by atoms with Crippen molar-refractivity contribution in [1.29, 1.82) is 0 Å². The topological polar surface area (TPSA) is 83.9 Å². The van der Waals surface area contributed by atoms with Crippen LogP contribution in [0.4, 0.5) is 4.79 Å². The zero-order valence-corrected chi connectivity index (χ0v) is 17.6. The van der Waals surface area contributed by atoms with E-state index < -0.39 is 23.7 Å². The van der Waals surface area contributed by atoms with E-state index in [9.17, 15) is 14.4 Å². The smallest absolute Gasteiger partial charge is 0.341 e. The van der Waals surface area contributed by atoms with Crippen LogP contribution in [0.15, 0.2) is 41.3 Å². The number of carboxylic acid groups (broad SMARTS) is 1. The lowest BCUT2D eigenvalue weighted by atomic mass is 10.2. The molecule has 1 heterocycles. The summed E-state index contributed by atoms with van der Waals surface area (Å²) in [5.41, 5.74) is 1.16. The van der Waals surface area contributed by atoms with Crippen molar-refractivity contribution in [3.8, 4) is 5.75 Å². The SMILES string of the molecule is O=C(O)COc1ccc(/C=C2\SC(=O)N(Cc3ccc(Cl)cc3Cl)C2=O)cc1Cl. The van der Waals surface area contributed by atoms with E-state index in [0.717, 1.165) is 16.7 Å². The van der Waals surface area contributed by atoms with Crippen molar-refractivity contribution in [2.75, 3.05) is 6.61 Å². The van der Waals surface area contributed by atoms with Gasteiger partial charge in [-0.15, -0.1) is 0 Å². The minimum absolute atomic E-state index is 0.0285. The van der Waals surface area contributed by atoms with Gasteiger partial charge in [0.05, 0.1) is 16.5 Å². The lowest BCUT2D eigenvalue weighted by Crippen LogP contribution is -2.27. The first-order chi connectivity index (χ1) is 13.7. The summed E-state index contributed by atoms with van der Waals surface area (Å²) in [4.78, 5) is 36.9. The van der Waals surface area contributed by atoms with Gasteiger partial charge in [-0.2, -0.15) is 0 Å². The molecule has 150 valence electrons. The first kappa shape index (κ1) is 21.5. The molecule has 29 heavy (non-hydrogen) atoms. The molecule has 0 saturated carbocycles. The van der Waals surface area contributed by atoms with Crippen LogP contribution in [0.25, 0.3) is 6.08 Å². The van der Waals surface area contributed by atoms with Gasteiger partial charge in [-0.3, -0.25) is 14.5 Å². The number of benzene rings is 2. The van der Waals surface area contributed by atoms with Crippen LogP contribution in [0.1, 0.15) is 11.1 Å². The Morgan fingerprint density at radius 2 is 1.86 bits per heavy atom. The number of nitrogens with zero attached hydrogens (tertiary/aromatic N) is 1. The Kier molecular flexibility index (Phi) is 6.74. The zero-order chi connectivity index (χ0) is 21.1. The molecule has 6 nitrogen and oxygen atoms in total. The number of amides is 2. The van der Waals surface area contributed by atoms with Crippen LogP contribution in [0.2, 0.25) is 15.1 Å². The maximum atomic E-state index is 12.7. The number of ether oxygens (including phenoxy) is 1. The second kappa shape index (κ2) is 9.09. The highest BCUT2D eigenvalue weighted by molar-refractivity contribution is 8.18. The lowest BCUT2D eigenvalue weighted by Gasteiger charge is -2.13. The summed E-state index contributed by atoms with van der Waals surface area (Å²) in [7, 11) is 0. The highest BCUT2D eigenvalue weighted by atomic mass is 35.5. The minimum Gasteiger partial charge on any atom is -0.480 e. The highest BCUT2D eigenvalue weighted by Gasteiger charge is 2.35. The summed E-state index contributed by atoms with van der Waals surface area (Å²) in [6.45, 7) is -0.494. The van der Waals surface area contributed by atoms with E-state index in [2.05, 4.69) is 0 Å². The number of halogens is 3. The van der Waals surface area contributed by atoms with Gasteiger partial charge in [0.15, 0.2) is 6.61 Å². The summed E-state index contributed by atoms with van der Waals surface area (Å²) < 4.78 is 5.06. The van der Waals surface area contributed by atoms with E-state index in [1.165, 1.54) is 18.2 Å². The number of carbonyl (C=O) groups is 3. The molecule has 1 N–H and O–H groups in total. The molecule has 1 fully saturated rings. The van der Waals surface area contributed by atoms with E-state index >= 15 is 0 Å². The molecule has 2 aromatic carbocycles. The number of imide groups is 1. The second-order valence-electron chi connectivity index (χ2n) is 5.88. The number of carbonyl (C=O) groups excluding carboxylic acids is 2. The monoisotopic (exact) mass is 471 g/mol. The predicted molar refractivity (Wildman–Crippen MR) is 113 cm³/mol. The summed E-state index contributed by atoms with van der Waals surface area (Å²) >= 11 is 18.9. The van der Waals surface area contributed by atoms with Crippen molar-refractivity contribution in [3.05, 3.63) is 67.5 Å². The van der Waals surface area contributed by atoms with Crippen molar-refractivity contribution < 1.29 is 24.2 Å². The van der Waals surface area contributed by atoms with E-state index in [1.54, 1.807) is 24.3 Å². The molecule has 0 bridgehead atoms. The average molecular weight is 473 g/mol.